The first kappa shape index (κ1) is 21.5. The van der Waals surface area contributed by atoms with Crippen LogP contribution in [-0.2, 0) is 11.3 Å². The van der Waals surface area contributed by atoms with Crippen LogP contribution in [0, 0.1) is 10.1 Å². The summed E-state index contributed by atoms with van der Waals surface area (Å²) < 4.78 is 5.56. The number of nitro groups is 1. The average molecular weight is 432 g/mol. The minimum Gasteiger partial charge on any atom is -0.375 e. The maximum Gasteiger partial charge on any atom is 0.293 e. The zero-order chi connectivity index (χ0) is 22.5. The molecule has 1 aliphatic rings. The second kappa shape index (κ2) is 9.57. The molecule has 0 saturated carbocycles. The number of benzene rings is 2. The molecule has 1 unspecified atom stereocenters. The Bertz CT molecular complexity index is 1100. The van der Waals surface area contributed by atoms with Gasteiger partial charge in [0.15, 0.2) is 5.78 Å². The van der Waals surface area contributed by atoms with Crippen molar-refractivity contribution < 1.29 is 14.5 Å². The van der Waals surface area contributed by atoms with Crippen molar-refractivity contribution in [2.24, 2.45) is 0 Å². The van der Waals surface area contributed by atoms with Gasteiger partial charge in [-0.15, -0.1) is 0 Å². The normalized spacial score (nSPS) is 15.9. The number of pyridine rings is 1. The van der Waals surface area contributed by atoms with Gasteiger partial charge in [-0.05, 0) is 30.7 Å². The molecule has 1 aromatic heterocycles. The van der Waals surface area contributed by atoms with Gasteiger partial charge in [0, 0.05) is 43.0 Å². The van der Waals surface area contributed by atoms with E-state index in [1.165, 1.54) is 6.07 Å². The molecule has 0 spiro atoms. The molecule has 3 aromatic rings. The third-order valence-corrected chi connectivity index (χ3v) is 5.35. The van der Waals surface area contributed by atoms with E-state index < -0.39 is 4.92 Å². The summed E-state index contributed by atoms with van der Waals surface area (Å²) in [5, 5.41) is 14.7. The van der Waals surface area contributed by atoms with Crippen molar-refractivity contribution in [3.05, 3.63) is 93.7 Å². The van der Waals surface area contributed by atoms with E-state index in [-0.39, 0.29) is 23.1 Å². The van der Waals surface area contributed by atoms with Crippen LogP contribution in [0.3, 0.4) is 0 Å². The van der Waals surface area contributed by atoms with E-state index in [0.29, 0.717) is 24.4 Å². The predicted octanol–water partition coefficient (Wildman–Crippen LogP) is 4.06. The van der Waals surface area contributed by atoms with Gasteiger partial charge < -0.3 is 15.0 Å². The van der Waals surface area contributed by atoms with Gasteiger partial charge in [-0.3, -0.25) is 14.9 Å². The van der Waals surface area contributed by atoms with Crippen LogP contribution in [0.4, 0.5) is 17.2 Å². The number of hydrogen-bond acceptors (Lipinski definition) is 7. The van der Waals surface area contributed by atoms with Gasteiger partial charge in [0.2, 0.25) is 0 Å². The Labute approximate surface area is 186 Å². The van der Waals surface area contributed by atoms with Crippen molar-refractivity contribution in [1.82, 2.24) is 4.98 Å². The summed E-state index contributed by atoms with van der Waals surface area (Å²) in [6.45, 7) is 4.69. The summed E-state index contributed by atoms with van der Waals surface area (Å²) in [7, 11) is 0. The van der Waals surface area contributed by atoms with Crippen LogP contribution in [-0.4, -0.2) is 41.5 Å². The SMILES string of the molecule is CC1CN(c2ccc(CNc3ccc(C(=O)c4ccccc4)cc3[N+](=O)[O-])cn2)CCO1. The predicted molar refractivity (Wildman–Crippen MR) is 122 cm³/mol. The molecule has 8 heteroatoms. The quantitative estimate of drug-likeness (QED) is 0.342. The summed E-state index contributed by atoms with van der Waals surface area (Å²) in [6, 6.07) is 17.1. The number of nitrogens with one attached hydrogen (secondary N) is 1. The number of nitro benzene ring substituents is 1. The van der Waals surface area contributed by atoms with Crippen molar-refractivity contribution in [3.8, 4) is 0 Å². The third-order valence-electron chi connectivity index (χ3n) is 5.35. The standard InChI is InChI=1S/C24H24N4O4/c1-17-16-27(11-12-32-17)23-10-7-18(15-26-23)14-25-21-9-8-20(13-22(21)28(30)31)24(29)19-5-3-2-4-6-19/h2-10,13,15,17,25H,11-12,14,16H2,1H3. The molecule has 1 N–H and O–H groups in total. The second-order valence-corrected chi connectivity index (χ2v) is 7.69. The van der Waals surface area contributed by atoms with Crippen LogP contribution in [0.15, 0.2) is 66.9 Å². The molecule has 0 radical (unpaired) electrons. The molecular weight excluding hydrogens is 408 g/mol. The van der Waals surface area contributed by atoms with E-state index in [1.54, 1.807) is 42.6 Å². The molecule has 1 saturated heterocycles. The van der Waals surface area contributed by atoms with Crippen LogP contribution in [0.25, 0.3) is 0 Å². The minimum absolute atomic E-state index is 0.140. The van der Waals surface area contributed by atoms with Crippen LogP contribution < -0.4 is 10.2 Å². The fourth-order valence-corrected chi connectivity index (χ4v) is 3.66. The summed E-state index contributed by atoms with van der Waals surface area (Å²) in [4.78, 5) is 30.5. The van der Waals surface area contributed by atoms with Crippen molar-refractivity contribution in [1.29, 1.82) is 0 Å². The lowest BCUT2D eigenvalue weighted by Gasteiger charge is -2.32. The fourth-order valence-electron chi connectivity index (χ4n) is 3.66. The van der Waals surface area contributed by atoms with Crippen LogP contribution in [0.5, 0.6) is 0 Å². The van der Waals surface area contributed by atoms with E-state index >= 15 is 0 Å². The maximum atomic E-state index is 12.6. The molecule has 1 aliphatic heterocycles. The first-order chi connectivity index (χ1) is 15.5. The highest BCUT2D eigenvalue weighted by atomic mass is 16.6. The van der Waals surface area contributed by atoms with Crippen LogP contribution in [0.1, 0.15) is 28.4 Å². The summed E-state index contributed by atoms with van der Waals surface area (Å²) in [5.74, 6) is 0.635. The van der Waals surface area contributed by atoms with Gasteiger partial charge in [0.25, 0.3) is 5.69 Å². The van der Waals surface area contributed by atoms with Crippen molar-refractivity contribution >= 4 is 23.0 Å². The van der Waals surface area contributed by atoms with Gasteiger partial charge in [0.05, 0.1) is 17.6 Å². The van der Waals surface area contributed by atoms with E-state index in [1.807, 2.05) is 25.1 Å². The van der Waals surface area contributed by atoms with Gasteiger partial charge in [0.1, 0.15) is 11.5 Å². The topological polar surface area (TPSA) is 97.6 Å². The number of morpholine rings is 1. The zero-order valence-corrected chi connectivity index (χ0v) is 17.7. The van der Waals surface area contributed by atoms with Gasteiger partial charge >= 0.3 is 0 Å². The molecule has 4 rings (SSSR count). The highest BCUT2D eigenvalue weighted by Gasteiger charge is 2.19. The molecule has 1 fully saturated rings. The first-order valence-corrected chi connectivity index (χ1v) is 10.4. The van der Waals surface area contributed by atoms with Crippen molar-refractivity contribution in [2.75, 3.05) is 29.9 Å². The molecule has 32 heavy (non-hydrogen) atoms. The van der Waals surface area contributed by atoms with Crippen molar-refractivity contribution in [3.63, 3.8) is 0 Å². The lowest BCUT2D eigenvalue weighted by atomic mass is 10.0. The van der Waals surface area contributed by atoms with Crippen LogP contribution in [0.2, 0.25) is 0 Å². The number of carbonyl (C=O) groups is 1. The molecule has 0 amide bonds. The Morgan fingerprint density at radius 1 is 1.19 bits per heavy atom. The Morgan fingerprint density at radius 2 is 2.00 bits per heavy atom. The Balaban J connectivity index is 1.46. The van der Waals surface area contributed by atoms with E-state index in [4.69, 9.17) is 4.74 Å². The molecule has 1 atom stereocenters. The summed E-state index contributed by atoms with van der Waals surface area (Å²) in [5.41, 5.74) is 1.88. The summed E-state index contributed by atoms with van der Waals surface area (Å²) in [6.07, 6.45) is 1.94. The highest BCUT2D eigenvalue weighted by Crippen LogP contribution is 2.27. The average Bonchev–Trinajstić information content (AvgIpc) is 2.83. The largest absolute Gasteiger partial charge is 0.375 e. The maximum absolute atomic E-state index is 12.6. The number of ketones is 1. The van der Waals surface area contributed by atoms with Crippen molar-refractivity contribution in [2.45, 2.75) is 19.6 Å². The number of rotatable bonds is 7. The monoisotopic (exact) mass is 432 g/mol. The zero-order valence-electron chi connectivity index (χ0n) is 17.7. The van der Waals surface area contributed by atoms with E-state index in [2.05, 4.69) is 15.2 Å². The Hall–Kier alpha value is -3.78. The number of ether oxygens (including phenoxy) is 1. The molecule has 0 aliphatic carbocycles. The lowest BCUT2D eigenvalue weighted by molar-refractivity contribution is -0.384. The van der Waals surface area contributed by atoms with Gasteiger partial charge in [-0.1, -0.05) is 36.4 Å². The molecule has 0 bridgehead atoms. The Kier molecular flexibility index (Phi) is 6.42. The minimum atomic E-state index is -0.481. The van der Waals surface area contributed by atoms with Crippen LogP contribution >= 0.6 is 0 Å². The number of hydrogen-bond donors (Lipinski definition) is 1. The van der Waals surface area contributed by atoms with E-state index in [9.17, 15) is 14.9 Å². The Morgan fingerprint density at radius 3 is 2.69 bits per heavy atom. The highest BCUT2D eigenvalue weighted by molar-refractivity contribution is 6.09. The first-order valence-electron chi connectivity index (χ1n) is 10.4. The van der Waals surface area contributed by atoms with Gasteiger partial charge in [-0.25, -0.2) is 4.98 Å². The lowest BCUT2D eigenvalue weighted by Crippen LogP contribution is -2.41. The molecule has 8 nitrogen and oxygen atoms in total. The summed E-state index contributed by atoms with van der Waals surface area (Å²) >= 11 is 0. The number of nitrogens with zero attached hydrogens (tertiary/aromatic N) is 3. The second-order valence-electron chi connectivity index (χ2n) is 7.69. The molecule has 2 aromatic carbocycles. The van der Waals surface area contributed by atoms with Gasteiger partial charge in [-0.2, -0.15) is 0 Å². The number of aromatic nitrogens is 1. The number of anilines is 2. The fraction of sp³-hybridized carbons (Fsp3) is 0.250. The smallest absolute Gasteiger partial charge is 0.293 e. The molecule has 2 heterocycles. The molecule has 164 valence electrons. The third kappa shape index (κ3) is 4.92. The van der Waals surface area contributed by atoms with E-state index in [0.717, 1.165) is 24.5 Å². The molecular formula is C24H24N4O4. The number of carbonyl (C=O) groups excluding carboxylic acids is 1.